The number of hydrogen-bond donors (Lipinski definition) is 1. The number of hydrogen-bond acceptors (Lipinski definition) is 3. The van der Waals surface area contributed by atoms with Crippen LogP contribution in [0.25, 0.3) is 0 Å². The summed E-state index contributed by atoms with van der Waals surface area (Å²) in [6.45, 7) is 3.10. The van der Waals surface area contributed by atoms with Gasteiger partial charge in [0, 0.05) is 19.3 Å². The van der Waals surface area contributed by atoms with Crippen molar-refractivity contribution in [2.24, 2.45) is 0 Å². The van der Waals surface area contributed by atoms with Gasteiger partial charge in [0.15, 0.2) is 0 Å². The van der Waals surface area contributed by atoms with Gasteiger partial charge in [-0.05, 0) is 11.6 Å². The first-order valence-electron chi connectivity index (χ1n) is 4.39. The fourth-order valence-electron chi connectivity index (χ4n) is 1.01. The first-order valence-corrected chi connectivity index (χ1v) is 4.79. The number of nitrogens with zero attached hydrogens (tertiary/aromatic N) is 2. The van der Waals surface area contributed by atoms with Crippen molar-refractivity contribution in [3.05, 3.63) is 29.6 Å². The molecule has 15 heavy (non-hydrogen) atoms. The normalized spacial score (nSPS) is 12.1. The first kappa shape index (κ1) is 12.3. The lowest BCUT2D eigenvalue weighted by Crippen LogP contribution is -2.12. The fourth-order valence-corrected chi connectivity index (χ4v) is 1.17. The van der Waals surface area contributed by atoms with E-state index in [0.29, 0.717) is 18.7 Å². The van der Waals surface area contributed by atoms with E-state index in [0.717, 1.165) is 6.07 Å². The Hall–Kier alpha value is -0.750. The fraction of sp³-hybridized carbons (Fsp3) is 0.444. The summed E-state index contributed by atoms with van der Waals surface area (Å²) in [5, 5.41) is 0. The summed E-state index contributed by atoms with van der Waals surface area (Å²) in [5.41, 5.74) is -0.159. The second kappa shape index (κ2) is 4.85. The first-order chi connectivity index (χ1) is 6.93. The van der Waals surface area contributed by atoms with E-state index < -0.39 is 11.9 Å². The highest BCUT2D eigenvalue weighted by molar-refractivity contribution is 7.77. The monoisotopic (exact) mass is 236 g/mol. The minimum Gasteiger partial charge on any atom is -0.251 e. The molecule has 0 bridgehead atoms. The molecular weight excluding hydrogens is 225 g/mol. The maximum Gasteiger partial charge on any atom is 0.433 e. The van der Waals surface area contributed by atoms with Gasteiger partial charge in [-0.15, -0.1) is 0 Å². The largest absolute Gasteiger partial charge is 0.433 e. The molecule has 0 saturated carbocycles. The lowest BCUT2D eigenvalue weighted by molar-refractivity contribution is -0.141. The van der Waals surface area contributed by atoms with Crippen LogP contribution in [0.4, 0.5) is 13.2 Å². The van der Waals surface area contributed by atoms with E-state index in [2.05, 4.69) is 17.8 Å². The zero-order valence-electron chi connectivity index (χ0n) is 8.12. The highest BCUT2D eigenvalue weighted by atomic mass is 32.1. The summed E-state index contributed by atoms with van der Waals surface area (Å²) in [7, 11) is 0. The maximum atomic E-state index is 12.2. The second-order valence-corrected chi connectivity index (χ2v) is 3.60. The van der Waals surface area contributed by atoms with Gasteiger partial charge in [0.1, 0.15) is 5.69 Å². The van der Waals surface area contributed by atoms with Crippen LogP contribution in [0.5, 0.6) is 0 Å². The average molecular weight is 236 g/mol. The summed E-state index contributed by atoms with van der Waals surface area (Å²) >= 11 is 4.11. The third-order valence-corrected chi connectivity index (χ3v) is 2.27. The van der Waals surface area contributed by atoms with Crippen LogP contribution in [0, 0.1) is 0 Å². The zero-order chi connectivity index (χ0) is 11.5. The Morgan fingerprint density at radius 2 is 2.07 bits per heavy atom. The SMILES string of the molecule is CCN(S)Cc1ccc(C(F)(F)F)nc1. The highest BCUT2D eigenvalue weighted by Crippen LogP contribution is 2.27. The smallest absolute Gasteiger partial charge is 0.251 e. The number of pyridine rings is 1. The Bertz CT molecular complexity index is 310. The van der Waals surface area contributed by atoms with Crippen LogP contribution in [-0.2, 0) is 12.7 Å². The van der Waals surface area contributed by atoms with Crippen molar-refractivity contribution in [1.29, 1.82) is 0 Å². The number of aromatic nitrogens is 1. The maximum absolute atomic E-state index is 12.2. The summed E-state index contributed by atoms with van der Waals surface area (Å²) in [5.74, 6) is 0. The van der Waals surface area contributed by atoms with Crippen LogP contribution >= 0.6 is 12.8 Å². The van der Waals surface area contributed by atoms with Crippen molar-refractivity contribution >= 4 is 12.8 Å². The molecule has 0 saturated heterocycles. The molecule has 0 unspecified atom stereocenters. The van der Waals surface area contributed by atoms with E-state index in [-0.39, 0.29) is 0 Å². The molecule has 6 heteroatoms. The molecule has 0 radical (unpaired) electrons. The van der Waals surface area contributed by atoms with E-state index >= 15 is 0 Å². The minimum absolute atomic E-state index is 0.477. The van der Waals surface area contributed by atoms with Gasteiger partial charge < -0.3 is 0 Å². The van der Waals surface area contributed by atoms with E-state index in [4.69, 9.17) is 0 Å². The second-order valence-electron chi connectivity index (χ2n) is 3.03. The molecule has 0 aliphatic carbocycles. The Labute approximate surface area is 91.7 Å². The predicted molar refractivity (Wildman–Crippen MR) is 54.3 cm³/mol. The van der Waals surface area contributed by atoms with Crippen molar-refractivity contribution in [3.8, 4) is 0 Å². The molecule has 0 aromatic carbocycles. The number of halogens is 3. The third-order valence-electron chi connectivity index (χ3n) is 1.85. The molecular formula is C9H11F3N2S. The molecule has 0 aliphatic rings. The van der Waals surface area contributed by atoms with E-state index in [1.54, 1.807) is 4.31 Å². The minimum atomic E-state index is -4.37. The molecule has 84 valence electrons. The lowest BCUT2D eigenvalue weighted by Gasteiger charge is -2.12. The van der Waals surface area contributed by atoms with Crippen LogP contribution in [0.2, 0.25) is 0 Å². The molecule has 0 amide bonds. The molecule has 1 aromatic rings. The van der Waals surface area contributed by atoms with Crippen LogP contribution in [0.1, 0.15) is 18.2 Å². The van der Waals surface area contributed by atoms with Crippen LogP contribution in [0.15, 0.2) is 18.3 Å². The lowest BCUT2D eigenvalue weighted by atomic mass is 10.2. The van der Waals surface area contributed by atoms with E-state index in [1.165, 1.54) is 12.3 Å². The molecule has 0 aliphatic heterocycles. The zero-order valence-corrected chi connectivity index (χ0v) is 9.02. The predicted octanol–water partition coefficient (Wildman–Crippen LogP) is 2.77. The molecule has 1 heterocycles. The van der Waals surface area contributed by atoms with Crippen LogP contribution < -0.4 is 0 Å². The summed E-state index contributed by atoms with van der Waals surface area (Å²) in [6.07, 6.45) is -3.15. The van der Waals surface area contributed by atoms with Crippen molar-refractivity contribution < 1.29 is 13.2 Å². The van der Waals surface area contributed by atoms with Crippen molar-refractivity contribution in [2.45, 2.75) is 19.6 Å². The Kier molecular flexibility index (Phi) is 3.98. The van der Waals surface area contributed by atoms with Gasteiger partial charge >= 0.3 is 6.18 Å². The highest BCUT2D eigenvalue weighted by Gasteiger charge is 2.31. The summed E-state index contributed by atoms with van der Waals surface area (Å²) in [4.78, 5) is 3.35. The number of rotatable bonds is 3. The summed E-state index contributed by atoms with van der Waals surface area (Å²) in [6, 6.07) is 2.39. The Balaban J connectivity index is 2.73. The van der Waals surface area contributed by atoms with Crippen LogP contribution in [-0.4, -0.2) is 15.8 Å². The van der Waals surface area contributed by atoms with Gasteiger partial charge in [0.25, 0.3) is 0 Å². The van der Waals surface area contributed by atoms with Crippen LogP contribution in [0.3, 0.4) is 0 Å². The topological polar surface area (TPSA) is 16.1 Å². The molecule has 0 atom stereocenters. The van der Waals surface area contributed by atoms with E-state index in [9.17, 15) is 13.2 Å². The van der Waals surface area contributed by atoms with Crippen molar-refractivity contribution in [3.63, 3.8) is 0 Å². The van der Waals surface area contributed by atoms with E-state index in [1.807, 2.05) is 6.92 Å². The van der Waals surface area contributed by atoms with Crippen molar-refractivity contribution in [2.75, 3.05) is 6.54 Å². The van der Waals surface area contributed by atoms with Gasteiger partial charge in [-0.25, -0.2) is 4.31 Å². The van der Waals surface area contributed by atoms with Gasteiger partial charge in [0.05, 0.1) is 0 Å². The third kappa shape index (κ3) is 3.71. The molecule has 2 nitrogen and oxygen atoms in total. The quantitative estimate of drug-likeness (QED) is 0.812. The number of thiol groups is 1. The average Bonchev–Trinajstić information content (AvgIpc) is 2.17. The molecule has 0 fully saturated rings. The molecule has 0 spiro atoms. The Morgan fingerprint density at radius 1 is 1.40 bits per heavy atom. The van der Waals surface area contributed by atoms with Gasteiger partial charge in [-0.3, -0.25) is 4.98 Å². The molecule has 0 N–H and O–H groups in total. The van der Waals surface area contributed by atoms with Gasteiger partial charge in [0.2, 0.25) is 0 Å². The number of alkyl halides is 3. The molecule has 1 rings (SSSR count). The van der Waals surface area contributed by atoms with Gasteiger partial charge in [-0.1, -0.05) is 25.8 Å². The molecule has 1 aromatic heterocycles. The van der Waals surface area contributed by atoms with Crippen molar-refractivity contribution in [1.82, 2.24) is 9.29 Å². The Morgan fingerprint density at radius 3 is 2.47 bits per heavy atom. The summed E-state index contributed by atoms with van der Waals surface area (Å²) < 4.78 is 38.2. The van der Waals surface area contributed by atoms with Gasteiger partial charge in [-0.2, -0.15) is 13.2 Å². The standard InChI is InChI=1S/C9H11F3N2S/c1-2-14(15)6-7-3-4-8(13-5-7)9(10,11)12/h3-5,15H,2,6H2,1H3.